The van der Waals surface area contributed by atoms with Crippen LogP contribution >= 0.6 is 22.6 Å². The first-order chi connectivity index (χ1) is 7.84. The van der Waals surface area contributed by atoms with Crippen LogP contribution in [0.5, 0.6) is 0 Å². The molecule has 0 amide bonds. The highest BCUT2D eigenvalue weighted by molar-refractivity contribution is 14.1. The van der Waals surface area contributed by atoms with E-state index in [4.69, 9.17) is 4.74 Å². The fourth-order valence-corrected chi connectivity index (χ4v) is 2.42. The van der Waals surface area contributed by atoms with E-state index in [9.17, 15) is 5.11 Å². The minimum absolute atomic E-state index is 0.0582. The number of aliphatic hydroxyl groups is 1. The second kappa shape index (κ2) is 6.16. The summed E-state index contributed by atoms with van der Waals surface area (Å²) in [7, 11) is 1.66. The lowest BCUT2D eigenvalue weighted by atomic mass is 9.84. The second-order valence-corrected chi connectivity index (χ2v) is 6.67. The van der Waals surface area contributed by atoms with Gasteiger partial charge >= 0.3 is 0 Å². The smallest absolute Gasteiger partial charge is 0.0881 e. The maximum atomic E-state index is 10.2. The third kappa shape index (κ3) is 4.56. The van der Waals surface area contributed by atoms with Gasteiger partial charge in [-0.1, -0.05) is 32.9 Å². The third-order valence-corrected chi connectivity index (χ3v) is 3.53. The van der Waals surface area contributed by atoms with Gasteiger partial charge in [-0.15, -0.1) is 0 Å². The summed E-state index contributed by atoms with van der Waals surface area (Å²) in [5, 5.41) is 10.2. The van der Waals surface area contributed by atoms with Crippen LogP contribution in [0.25, 0.3) is 0 Å². The van der Waals surface area contributed by atoms with Gasteiger partial charge in [0.05, 0.1) is 12.2 Å². The van der Waals surface area contributed by atoms with Crippen LogP contribution in [0.2, 0.25) is 0 Å². The quantitative estimate of drug-likeness (QED) is 0.847. The monoisotopic (exact) mass is 348 g/mol. The second-order valence-electron chi connectivity index (χ2n) is 5.42. The molecule has 1 aromatic rings. The van der Waals surface area contributed by atoms with Crippen molar-refractivity contribution in [2.75, 3.05) is 7.11 Å². The summed E-state index contributed by atoms with van der Waals surface area (Å²) >= 11 is 2.28. The highest BCUT2D eigenvalue weighted by Crippen LogP contribution is 2.26. The van der Waals surface area contributed by atoms with Crippen molar-refractivity contribution >= 4 is 22.6 Å². The Morgan fingerprint density at radius 2 is 1.76 bits per heavy atom. The van der Waals surface area contributed by atoms with Gasteiger partial charge in [0.2, 0.25) is 0 Å². The van der Waals surface area contributed by atoms with E-state index in [1.807, 2.05) is 0 Å². The average Bonchev–Trinajstić information content (AvgIpc) is 2.20. The maximum Gasteiger partial charge on any atom is 0.0881 e. The molecule has 0 aliphatic rings. The lowest BCUT2D eigenvalue weighted by Gasteiger charge is -2.33. The molecule has 0 saturated carbocycles. The van der Waals surface area contributed by atoms with E-state index >= 15 is 0 Å². The molecule has 2 unspecified atom stereocenters. The molecule has 0 aliphatic carbocycles. The van der Waals surface area contributed by atoms with Crippen molar-refractivity contribution in [1.29, 1.82) is 0 Å². The molecule has 1 N–H and O–H groups in total. The van der Waals surface area contributed by atoms with Gasteiger partial charge in [0.25, 0.3) is 0 Å². The number of methoxy groups -OCH3 is 1. The Balaban J connectivity index is 2.70. The molecule has 2 atom stereocenters. The van der Waals surface area contributed by atoms with Crippen LogP contribution in [-0.4, -0.2) is 24.4 Å². The van der Waals surface area contributed by atoms with Gasteiger partial charge in [-0.3, -0.25) is 0 Å². The summed E-state index contributed by atoms with van der Waals surface area (Å²) < 4.78 is 6.63. The van der Waals surface area contributed by atoms with E-state index < -0.39 is 6.10 Å². The first kappa shape index (κ1) is 14.9. The minimum Gasteiger partial charge on any atom is -0.390 e. The number of hydrogen-bond acceptors (Lipinski definition) is 2. The highest BCUT2D eigenvalue weighted by Gasteiger charge is 2.31. The topological polar surface area (TPSA) is 29.5 Å². The normalized spacial score (nSPS) is 15.6. The fraction of sp³-hybridized carbons (Fsp3) is 0.571. The van der Waals surface area contributed by atoms with E-state index in [2.05, 4.69) is 67.6 Å². The number of aliphatic hydroxyl groups excluding tert-OH is 1. The average molecular weight is 348 g/mol. The standard InChI is InChI=1S/C14H21IO2/c1-14(2,3)13(17-4)12(16)9-10-5-7-11(15)8-6-10/h5-8,12-13,16H,9H2,1-4H3. The van der Waals surface area contributed by atoms with Gasteiger partial charge in [0.15, 0.2) is 0 Å². The molecule has 0 saturated heterocycles. The van der Waals surface area contributed by atoms with Gasteiger partial charge in [0, 0.05) is 17.1 Å². The molecule has 0 aliphatic heterocycles. The Hall–Kier alpha value is -0.130. The van der Waals surface area contributed by atoms with E-state index in [0.29, 0.717) is 6.42 Å². The zero-order chi connectivity index (χ0) is 13.1. The van der Waals surface area contributed by atoms with Crippen molar-refractivity contribution in [3.05, 3.63) is 33.4 Å². The summed E-state index contributed by atoms with van der Waals surface area (Å²) in [6.45, 7) is 6.24. The molecule has 0 bridgehead atoms. The van der Waals surface area contributed by atoms with Crippen LogP contribution in [0.1, 0.15) is 26.3 Å². The van der Waals surface area contributed by atoms with Crippen LogP contribution in [0, 0.1) is 8.99 Å². The number of benzene rings is 1. The molecule has 0 fully saturated rings. The Morgan fingerprint density at radius 3 is 2.18 bits per heavy atom. The molecule has 2 nitrogen and oxygen atoms in total. The third-order valence-electron chi connectivity index (χ3n) is 2.82. The number of halogens is 1. The number of ether oxygens (including phenoxy) is 1. The molecule has 1 aromatic carbocycles. The summed E-state index contributed by atoms with van der Waals surface area (Å²) in [6.07, 6.45) is 0.00835. The molecule has 3 heteroatoms. The molecule has 0 aromatic heterocycles. The van der Waals surface area contributed by atoms with Crippen molar-refractivity contribution in [2.45, 2.75) is 39.4 Å². The predicted molar refractivity (Wildman–Crippen MR) is 79.1 cm³/mol. The van der Waals surface area contributed by atoms with E-state index in [1.165, 1.54) is 3.57 Å². The number of rotatable bonds is 4. The summed E-state index contributed by atoms with van der Waals surface area (Å²) in [6, 6.07) is 8.23. The fourth-order valence-electron chi connectivity index (χ4n) is 2.06. The van der Waals surface area contributed by atoms with E-state index in [1.54, 1.807) is 7.11 Å². The summed E-state index contributed by atoms with van der Waals surface area (Å²) in [4.78, 5) is 0. The molecule has 0 spiro atoms. The van der Waals surface area contributed by atoms with Crippen LogP contribution < -0.4 is 0 Å². The molecule has 0 heterocycles. The summed E-state index contributed by atoms with van der Waals surface area (Å²) in [5.74, 6) is 0. The van der Waals surface area contributed by atoms with Gasteiger partial charge in [-0.05, 0) is 45.7 Å². The van der Waals surface area contributed by atoms with Gasteiger partial charge in [-0.25, -0.2) is 0 Å². The van der Waals surface area contributed by atoms with Crippen LogP contribution in [0.4, 0.5) is 0 Å². The SMILES string of the molecule is COC(C(O)Cc1ccc(I)cc1)C(C)(C)C. The van der Waals surface area contributed by atoms with Crippen molar-refractivity contribution in [3.63, 3.8) is 0 Å². The van der Waals surface area contributed by atoms with Crippen LogP contribution in [-0.2, 0) is 11.2 Å². The molecule has 17 heavy (non-hydrogen) atoms. The van der Waals surface area contributed by atoms with Gasteiger partial charge in [0.1, 0.15) is 0 Å². The van der Waals surface area contributed by atoms with Gasteiger partial charge < -0.3 is 9.84 Å². The minimum atomic E-state index is -0.472. The molecular formula is C14H21IO2. The molecule has 96 valence electrons. The molecule has 0 radical (unpaired) electrons. The van der Waals surface area contributed by atoms with Gasteiger partial charge in [-0.2, -0.15) is 0 Å². The van der Waals surface area contributed by atoms with Crippen LogP contribution in [0.15, 0.2) is 24.3 Å². The Morgan fingerprint density at radius 1 is 1.24 bits per heavy atom. The number of hydrogen-bond donors (Lipinski definition) is 1. The predicted octanol–water partition coefficient (Wildman–Crippen LogP) is 3.26. The molecule has 1 rings (SSSR count). The van der Waals surface area contributed by atoms with Crippen molar-refractivity contribution in [3.8, 4) is 0 Å². The van der Waals surface area contributed by atoms with Crippen LogP contribution in [0.3, 0.4) is 0 Å². The van der Waals surface area contributed by atoms with E-state index in [0.717, 1.165) is 5.56 Å². The lowest BCUT2D eigenvalue weighted by Crippen LogP contribution is -2.40. The highest BCUT2D eigenvalue weighted by atomic mass is 127. The Bertz CT molecular complexity index is 340. The zero-order valence-corrected chi connectivity index (χ0v) is 13.1. The van der Waals surface area contributed by atoms with E-state index in [-0.39, 0.29) is 11.5 Å². The first-order valence-corrected chi connectivity index (χ1v) is 6.88. The van der Waals surface area contributed by atoms with Crippen molar-refractivity contribution in [1.82, 2.24) is 0 Å². The van der Waals surface area contributed by atoms with Crippen molar-refractivity contribution in [2.24, 2.45) is 5.41 Å². The zero-order valence-electron chi connectivity index (χ0n) is 10.9. The maximum absolute atomic E-state index is 10.2. The lowest BCUT2D eigenvalue weighted by molar-refractivity contribution is -0.0699. The Kier molecular flexibility index (Phi) is 5.41. The largest absolute Gasteiger partial charge is 0.390 e. The first-order valence-electron chi connectivity index (χ1n) is 5.80. The Labute approximate surface area is 118 Å². The molecular weight excluding hydrogens is 327 g/mol. The van der Waals surface area contributed by atoms with Crippen molar-refractivity contribution < 1.29 is 9.84 Å². The summed E-state index contributed by atoms with van der Waals surface area (Å²) in [5.41, 5.74) is 1.08.